The normalized spacial score (nSPS) is 53.8. The standard InChI is InChI=1S/C23H34FNO/c1-22-9-7-16(26)13-15(22)5-6-17-18(22)8-10-23(2)19(17)14-20(24)21(23)25-11-3-4-12-25/h5,7,9,16-21,26H,3-4,6,8,10-14H2,1-2H3/t16?,17-,18-,19+,20?,21?,22+,23+/m1/s1. The van der Waals surface area contributed by atoms with Gasteiger partial charge in [-0.2, -0.15) is 0 Å². The molecule has 2 saturated carbocycles. The third kappa shape index (κ3) is 2.29. The monoisotopic (exact) mass is 359 g/mol. The Balaban J connectivity index is 1.47. The van der Waals surface area contributed by atoms with Crippen LogP contribution in [0.25, 0.3) is 0 Å². The van der Waals surface area contributed by atoms with E-state index in [9.17, 15) is 5.11 Å². The summed E-state index contributed by atoms with van der Waals surface area (Å²) in [4.78, 5) is 2.49. The quantitative estimate of drug-likeness (QED) is 0.697. The van der Waals surface area contributed by atoms with Crippen LogP contribution in [0.2, 0.25) is 0 Å². The molecule has 3 heteroatoms. The number of hydrogen-bond donors (Lipinski definition) is 1. The van der Waals surface area contributed by atoms with Crippen LogP contribution in [0.5, 0.6) is 0 Å². The lowest BCUT2D eigenvalue weighted by Crippen LogP contribution is -2.54. The maximum atomic E-state index is 15.3. The van der Waals surface area contributed by atoms with Crippen LogP contribution >= 0.6 is 0 Å². The average Bonchev–Trinajstić information content (AvgIpc) is 3.20. The van der Waals surface area contributed by atoms with Crippen LogP contribution in [0.3, 0.4) is 0 Å². The second-order valence-electron chi connectivity index (χ2n) is 10.2. The molecule has 8 atom stereocenters. The molecule has 0 spiro atoms. The van der Waals surface area contributed by atoms with E-state index in [4.69, 9.17) is 0 Å². The van der Waals surface area contributed by atoms with E-state index in [0.29, 0.717) is 17.8 Å². The van der Waals surface area contributed by atoms with Crippen LogP contribution in [0.15, 0.2) is 23.8 Å². The number of alkyl halides is 1. The number of allylic oxidation sites excluding steroid dienone is 2. The van der Waals surface area contributed by atoms with Gasteiger partial charge < -0.3 is 5.11 Å². The fourth-order valence-electron chi connectivity index (χ4n) is 7.84. The topological polar surface area (TPSA) is 23.5 Å². The van der Waals surface area contributed by atoms with Gasteiger partial charge in [0, 0.05) is 11.5 Å². The number of likely N-dealkylation sites (tertiary alicyclic amines) is 1. The molecule has 2 nitrogen and oxygen atoms in total. The summed E-state index contributed by atoms with van der Waals surface area (Å²) < 4.78 is 15.3. The molecule has 1 heterocycles. The van der Waals surface area contributed by atoms with Gasteiger partial charge in [0.05, 0.1) is 6.10 Å². The van der Waals surface area contributed by atoms with E-state index in [2.05, 4.69) is 30.9 Å². The number of nitrogens with zero attached hydrogens (tertiary/aromatic N) is 1. The number of aliphatic hydroxyl groups is 1. The van der Waals surface area contributed by atoms with Crippen molar-refractivity contribution >= 4 is 0 Å². The minimum Gasteiger partial charge on any atom is -0.389 e. The van der Waals surface area contributed by atoms with Crippen molar-refractivity contribution in [2.24, 2.45) is 28.6 Å². The first-order chi connectivity index (χ1) is 12.4. The largest absolute Gasteiger partial charge is 0.389 e. The van der Waals surface area contributed by atoms with Gasteiger partial charge in [-0.15, -0.1) is 0 Å². The van der Waals surface area contributed by atoms with Gasteiger partial charge in [0.2, 0.25) is 0 Å². The molecule has 5 aliphatic rings. The molecule has 0 aromatic rings. The lowest BCUT2D eigenvalue weighted by molar-refractivity contribution is -0.0391. The Morgan fingerprint density at radius 1 is 1.19 bits per heavy atom. The predicted molar refractivity (Wildman–Crippen MR) is 102 cm³/mol. The molecule has 5 rings (SSSR count). The van der Waals surface area contributed by atoms with Gasteiger partial charge >= 0.3 is 0 Å². The van der Waals surface area contributed by atoms with E-state index < -0.39 is 6.17 Å². The molecule has 4 aliphatic carbocycles. The van der Waals surface area contributed by atoms with Crippen LogP contribution in [0.4, 0.5) is 4.39 Å². The van der Waals surface area contributed by atoms with Crippen molar-refractivity contribution in [2.75, 3.05) is 13.1 Å². The van der Waals surface area contributed by atoms with Crippen molar-refractivity contribution in [2.45, 2.75) is 77.1 Å². The second-order valence-corrected chi connectivity index (χ2v) is 10.2. The fraction of sp³-hybridized carbons (Fsp3) is 0.826. The Morgan fingerprint density at radius 3 is 2.73 bits per heavy atom. The molecule has 0 bridgehead atoms. The molecule has 0 aromatic carbocycles. The lowest BCUT2D eigenvalue weighted by Gasteiger charge is -2.57. The van der Waals surface area contributed by atoms with Crippen LogP contribution in [-0.4, -0.2) is 41.4 Å². The fourth-order valence-corrected chi connectivity index (χ4v) is 7.84. The van der Waals surface area contributed by atoms with Crippen LogP contribution in [0.1, 0.15) is 58.8 Å². The molecule has 1 aliphatic heterocycles. The lowest BCUT2D eigenvalue weighted by atomic mass is 9.49. The summed E-state index contributed by atoms with van der Waals surface area (Å²) in [5, 5.41) is 10.1. The highest BCUT2D eigenvalue weighted by Gasteiger charge is 2.62. The van der Waals surface area contributed by atoms with E-state index in [-0.39, 0.29) is 23.0 Å². The zero-order chi connectivity index (χ0) is 18.1. The first-order valence-electron chi connectivity index (χ1n) is 10.9. The van der Waals surface area contributed by atoms with E-state index in [1.807, 2.05) is 6.08 Å². The minimum absolute atomic E-state index is 0.0843. The van der Waals surface area contributed by atoms with E-state index >= 15 is 4.39 Å². The Kier molecular flexibility index (Phi) is 3.96. The Hall–Kier alpha value is -0.670. The average molecular weight is 360 g/mol. The first-order valence-corrected chi connectivity index (χ1v) is 10.9. The minimum atomic E-state index is -0.649. The van der Waals surface area contributed by atoms with Crippen molar-refractivity contribution in [1.29, 1.82) is 0 Å². The molecule has 1 N–H and O–H groups in total. The first kappa shape index (κ1) is 17.4. The molecule has 0 radical (unpaired) electrons. The Labute approximate surface area is 157 Å². The summed E-state index contributed by atoms with van der Waals surface area (Å²) in [6.07, 6.45) is 13.3. The highest BCUT2D eigenvalue weighted by molar-refractivity contribution is 5.33. The van der Waals surface area contributed by atoms with Crippen molar-refractivity contribution in [1.82, 2.24) is 4.90 Å². The molecule has 26 heavy (non-hydrogen) atoms. The van der Waals surface area contributed by atoms with Gasteiger partial charge in [0.1, 0.15) is 6.17 Å². The van der Waals surface area contributed by atoms with Gasteiger partial charge in [-0.25, -0.2) is 4.39 Å². The number of aliphatic hydroxyl groups excluding tert-OH is 1. The van der Waals surface area contributed by atoms with Gasteiger partial charge in [0.25, 0.3) is 0 Å². The van der Waals surface area contributed by atoms with Gasteiger partial charge in [0.15, 0.2) is 0 Å². The number of fused-ring (bicyclic) bond motifs is 5. The second kappa shape index (κ2) is 5.91. The summed E-state index contributed by atoms with van der Waals surface area (Å²) in [6, 6.07) is 0.151. The molecular weight excluding hydrogens is 325 g/mol. The molecular formula is C23H34FNO. The van der Waals surface area contributed by atoms with E-state index in [1.54, 1.807) is 0 Å². The predicted octanol–water partition coefficient (Wildman–Crippen LogP) is 4.50. The van der Waals surface area contributed by atoms with Crippen LogP contribution < -0.4 is 0 Å². The Bertz CT molecular complexity index is 638. The molecule has 1 saturated heterocycles. The summed E-state index contributed by atoms with van der Waals surface area (Å²) in [5.41, 5.74) is 1.66. The van der Waals surface area contributed by atoms with E-state index in [0.717, 1.165) is 32.4 Å². The maximum absolute atomic E-state index is 15.3. The van der Waals surface area contributed by atoms with E-state index in [1.165, 1.54) is 31.3 Å². The smallest absolute Gasteiger partial charge is 0.116 e. The number of hydrogen-bond acceptors (Lipinski definition) is 2. The molecule has 3 fully saturated rings. The van der Waals surface area contributed by atoms with Crippen LogP contribution in [0, 0.1) is 28.6 Å². The summed E-state index contributed by atoms with van der Waals surface area (Å²) in [5.74, 6) is 1.74. The summed E-state index contributed by atoms with van der Waals surface area (Å²) >= 11 is 0. The highest BCUT2D eigenvalue weighted by atomic mass is 19.1. The van der Waals surface area contributed by atoms with Crippen molar-refractivity contribution in [3.63, 3.8) is 0 Å². The zero-order valence-corrected chi connectivity index (χ0v) is 16.3. The summed E-state index contributed by atoms with van der Waals surface area (Å²) in [6.45, 7) is 6.99. The molecule has 3 unspecified atom stereocenters. The third-order valence-electron chi connectivity index (χ3n) is 9.10. The summed E-state index contributed by atoms with van der Waals surface area (Å²) in [7, 11) is 0. The molecule has 0 amide bonds. The van der Waals surface area contributed by atoms with Gasteiger partial charge in [-0.3, -0.25) is 4.90 Å². The zero-order valence-electron chi connectivity index (χ0n) is 16.3. The van der Waals surface area contributed by atoms with Gasteiger partial charge in [-0.1, -0.05) is 37.6 Å². The van der Waals surface area contributed by atoms with Crippen molar-refractivity contribution in [3.8, 4) is 0 Å². The molecule has 0 aromatic heterocycles. The highest BCUT2D eigenvalue weighted by Crippen LogP contribution is 2.65. The number of rotatable bonds is 1. The maximum Gasteiger partial charge on any atom is 0.116 e. The third-order valence-corrected chi connectivity index (χ3v) is 9.10. The van der Waals surface area contributed by atoms with Gasteiger partial charge in [-0.05, 0) is 81.2 Å². The number of halogens is 1. The van der Waals surface area contributed by atoms with Crippen molar-refractivity contribution < 1.29 is 9.50 Å². The van der Waals surface area contributed by atoms with Crippen LogP contribution in [-0.2, 0) is 0 Å². The van der Waals surface area contributed by atoms with Crippen molar-refractivity contribution in [3.05, 3.63) is 23.8 Å². The molecule has 144 valence electrons. The Morgan fingerprint density at radius 2 is 1.96 bits per heavy atom. The SMILES string of the molecule is C[C@]12C=CC(O)CC1=CC[C@@H]1[C@H]2CC[C@]2(C)C(N3CCCC3)C(F)C[C@@H]12.